The van der Waals surface area contributed by atoms with E-state index in [9.17, 15) is 17.6 Å². The Kier molecular flexibility index (Phi) is 4.42. The maximum Gasteiger partial charge on any atom is 0.254 e. The molecule has 1 aromatic rings. The number of hydrogen-bond acceptors (Lipinski definition) is 4. The molecule has 2 fully saturated rings. The van der Waals surface area contributed by atoms with E-state index in [2.05, 4.69) is 11.8 Å². The van der Waals surface area contributed by atoms with Gasteiger partial charge in [0.1, 0.15) is 5.82 Å². The van der Waals surface area contributed by atoms with Crippen molar-refractivity contribution in [2.45, 2.75) is 25.4 Å². The quantitative estimate of drug-likeness (QED) is 0.829. The van der Waals surface area contributed by atoms with E-state index >= 15 is 0 Å². The molecular formula is C16H21FN2O3S. The van der Waals surface area contributed by atoms with Crippen molar-refractivity contribution in [1.29, 1.82) is 0 Å². The Labute approximate surface area is 136 Å². The molecule has 3 rings (SSSR count). The van der Waals surface area contributed by atoms with Crippen molar-refractivity contribution >= 4 is 15.7 Å². The molecule has 2 heterocycles. The number of amides is 1. The zero-order valence-corrected chi connectivity index (χ0v) is 13.9. The summed E-state index contributed by atoms with van der Waals surface area (Å²) in [5.41, 5.74) is 0.401. The highest BCUT2D eigenvalue weighted by Crippen LogP contribution is 2.28. The second kappa shape index (κ2) is 6.20. The third-order valence-electron chi connectivity index (χ3n) is 4.65. The Morgan fingerprint density at radius 2 is 1.83 bits per heavy atom. The number of carbonyl (C=O) groups is 1. The molecule has 0 saturated carbocycles. The SMILES string of the molecule is CCCN1CCN(C(=O)c2ccc(F)cc2)[C@@H]2CS(=O)(=O)C[C@@H]21. The largest absolute Gasteiger partial charge is 0.332 e. The van der Waals surface area contributed by atoms with Gasteiger partial charge in [0.25, 0.3) is 5.91 Å². The number of rotatable bonds is 3. The van der Waals surface area contributed by atoms with Crippen LogP contribution in [0.3, 0.4) is 0 Å². The van der Waals surface area contributed by atoms with Crippen LogP contribution in [0.4, 0.5) is 4.39 Å². The molecule has 1 amide bonds. The molecule has 0 spiro atoms. The number of piperazine rings is 1. The van der Waals surface area contributed by atoms with Crippen molar-refractivity contribution in [3.05, 3.63) is 35.6 Å². The maximum atomic E-state index is 13.0. The van der Waals surface area contributed by atoms with Gasteiger partial charge in [0, 0.05) is 24.7 Å². The number of halogens is 1. The first kappa shape index (κ1) is 16.4. The van der Waals surface area contributed by atoms with Crippen molar-refractivity contribution < 1.29 is 17.6 Å². The van der Waals surface area contributed by atoms with Crippen LogP contribution in [0.15, 0.2) is 24.3 Å². The fourth-order valence-corrected chi connectivity index (χ4v) is 5.61. The van der Waals surface area contributed by atoms with Gasteiger partial charge in [-0.2, -0.15) is 0 Å². The predicted molar refractivity (Wildman–Crippen MR) is 85.5 cm³/mol. The molecule has 0 radical (unpaired) electrons. The summed E-state index contributed by atoms with van der Waals surface area (Å²) in [5.74, 6) is -0.473. The monoisotopic (exact) mass is 340 g/mol. The van der Waals surface area contributed by atoms with Gasteiger partial charge in [-0.1, -0.05) is 6.92 Å². The number of benzene rings is 1. The Morgan fingerprint density at radius 3 is 2.48 bits per heavy atom. The molecule has 23 heavy (non-hydrogen) atoms. The Balaban J connectivity index is 1.86. The minimum atomic E-state index is -3.13. The van der Waals surface area contributed by atoms with E-state index < -0.39 is 15.7 Å². The van der Waals surface area contributed by atoms with Crippen LogP contribution in [0.2, 0.25) is 0 Å². The lowest BCUT2D eigenvalue weighted by atomic mass is 10.0. The van der Waals surface area contributed by atoms with Crippen LogP contribution in [0.1, 0.15) is 23.7 Å². The Morgan fingerprint density at radius 1 is 1.17 bits per heavy atom. The standard InChI is InChI=1S/C16H21FN2O3S/c1-2-7-18-8-9-19(15-11-23(21,22)10-14(15)18)16(20)12-3-5-13(17)6-4-12/h3-6,14-15H,2,7-11H2,1H3/t14-,15+/m0/s1. The summed E-state index contributed by atoms with van der Waals surface area (Å²) in [6.45, 7) is 4.09. The van der Waals surface area contributed by atoms with E-state index in [4.69, 9.17) is 0 Å². The van der Waals surface area contributed by atoms with Gasteiger partial charge in [-0.15, -0.1) is 0 Å². The van der Waals surface area contributed by atoms with Gasteiger partial charge in [-0.3, -0.25) is 9.69 Å². The first-order chi connectivity index (χ1) is 10.9. The third-order valence-corrected chi connectivity index (χ3v) is 6.35. The summed E-state index contributed by atoms with van der Waals surface area (Å²) in [5, 5.41) is 0. The topological polar surface area (TPSA) is 57.7 Å². The average Bonchev–Trinajstić information content (AvgIpc) is 2.83. The van der Waals surface area contributed by atoms with Crippen LogP contribution in [0, 0.1) is 5.82 Å². The van der Waals surface area contributed by atoms with Gasteiger partial charge in [0.15, 0.2) is 9.84 Å². The van der Waals surface area contributed by atoms with Gasteiger partial charge >= 0.3 is 0 Å². The molecule has 2 saturated heterocycles. The fourth-order valence-electron chi connectivity index (χ4n) is 3.60. The zero-order valence-electron chi connectivity index (χ0n) is 13.1. The summed E-state index contributed by atoms with van der Waals surface area (Å²) in [6.07, 6.45) is 0.954. The Hall–Kier alpha value is -1.47. The van der Waals surface area contributed by atoms with Crippen LogP contribution in [0.25, 0.3) is 0 Å². The van der Waals surface area contributed by atoms with E-state index in [1.54, 1.807) is 4.90 Å². The number of carbonyl (C=O) groups excluding carboxylic acids is 1. The van der Waals surface area contributed by atoms with Crippen molar-refractivity contribution in [2.24, 2.45) is 0 Å². The van der Waals surface area contributed by atoms with E-state index in [0.717, 1.165) is 13.0 Å². The van der Waals surface area contributed by atoms with Crippen LogP contribution in [-0.4, -0.2) is 67.3 Å². The van der Waals surface area contributed by atoms with E-state index in [1.165, 1.54) is 24.3 Å². The van der Waals surface area contributed by atoms with Gasteiger partial charge in [0.2, 0.25) is 0 Å². The summed E-state index contributed by atoms with van der Waals surface area (Å²) in [7, 11) is -3.13. The summed E-state index contributed by atoms with van der Waals surface area (Å²) >= 11 is 0. The van der Waals surface area contributed by atoms with Gasteiger partial charge in [-0.25, -0.2) is 12.8 Å². The second-order valence-corrected chi connectivity index (χ2v) is 8.41. The van der Waals surface area contributed by atoms with Crippen molar-refractivity contribution in [3.63, 3.8) is 0 Å². The highest BCUT2D eigenvalue weighted by atomic mass is 32.2. The molecule has 7 heteroatoms. The van der Waals surface area contributed by atoms with E-state index in [0.29, 0.717) is 18.7 Å². The highest BCUT2D eigenvalue weighted by molar-refractivity contribution is 7.91. The molecule has 0 aromatic heterocycles. The van der Waals surface area contributed by atoms with Crippen molar-refractivity contribution in [3.8, 4) is 0 Å². The number of fused-ring (bicyclic) bond motifs is 1. The zero-order chi connectivity index (χ0) is 16.6. The van der Waals surface area contributed by atoms with Gasteiger partial charge in [-0.05, 0) is 37.2 Å². The minimum absolute atomic E-state index is 0.0187. The summed E-state index contributed by atoms with van der Waals surface area (Å²) < 4.78 is 37.2. The van der Waals surface area contributed by atoms with E-state index in [1.807, 2.05) is 0 Å². The molecular weight excluding hydrogens is 319 g/mol. The second-order valence-electron chi connectivity index (χ2n) is 6.25. The average molecular weight is 340 g/mol. The van der Waals surface area contributed by atoms with Crippen LogP contribution >= 0.6 is 0 Å². The summed E-state index contributed by atoms with van der Waals surface area (Å²) in [4.78, 5) is 16.6. The molecule has 1 aromatic carbocycles. The van der Waals surface area contributed by atoms with Crippen LogP contribution in [-0.2, 0) is 9.84 Å². The first-order valence-corrected chi connectivity index (χ1v) is 9.74. The summed E-state index contributed by atoms with van der Waals surface area (Å²) in [6, 6.07) is 4.98. The van der Waals surface area contributed by atoms with Crippen molar-refractivity contribution in [1.82, 2.24) is 9.80 Å². The Bertz CT molecular complexity index is 690. The van der Waals surface area contributed by atoms with Crippen molar-refractivity contribution in [2.75, 3.05) is 31.1 Å². The molecule has 0 N–H and O–H groups in total. The molecule has 2 aliphatic rings. The smallest absolute Gasteiger partial charge is 0.254 e. The number of hydrogen-bond donors (Lipinski definition) is 0. The number of sulfone groups is 1. The fraction of sp³-hybridized carbons (Fsp3) is 0.562. The molecule has 2 aliphatic heterocycles. The predicted octanol–water partition coefficient (Wildman–Crippen LogP) is 1.16. The normalized spacial score (nSPS) is 27.0. The van der Waals surface area contributed by atoms with Crippen LogP contribution < -0.4 is 0 Å². The third kappa shape index (κ3) is 3.26. The molecule has 126 valence electrons. The van der Waals surface area contributed by atoms with Gasteiger partial charge in [0.05, 0.1) is 17.5 Å². The molecule has 2 atom stereocenters. The molecule has 5 nitrogen and oxygen atoms in total. The van der Waals surface area contributed by atoms with Crippen LogP contribution in [0.5, 0.6) is 0 Å². The molecule has 0 bridgehead atoms. The lowest BCUT2D eigenvalue weighted by Crippen LogP contribution is -2.60. The molecule has 0 aliphatic carbocycles. The van der Waals surface area contributed by atoms with E-state index in [-0.39, 0.29) is 29.5 Å². The first-order valence-electron chi connectivity index (χ1n) is 7.92. The highest BCUT2D eigenvalue weighted by Gasteiger charge is 2.47. The molecule has 0 unspecified atom stereocenters. The lowest BCUT2D eigenvalue weighted by Gasteiger charge is -2.43. The maximum absolute atomic E-state index is 13.0. The number of nitrogens with zero attached hydrogens (tertiary/aromatic N) is 2. The minimum Gasteiger partial charge on any atom is -0.332 e. The van der Waals surface area contributed by atoms with Gasteiger partial charge < -0.3 is 4.90 Å². The lowest BCUT2D eigenvalue weighted by molar-refractivity contribution is 0.0333.